The molecule has 0 aliphatic carbocycles. The van der Waals surface area contributed by atoms with Gasteiger partial charge in [-0.3, -0.25) is 14.7 Å². The number of ether oxygens (including phenoxy) is 1. The third kappa shape index (κ3) is 4.33. The van der Waals surface area contributed by atoms with Crippen molar-refractivity contribution in [1.82, 2.24) is 15.6 Å². The van der Waals surface area contributed by atoms with Crippen molar-refractivity contribution < 1.29 is 19.1 Å². The number of carbonyl (C=O) groups is 3. The number of hydrogen-bond donors (Lipinski definition) is 3. The number of nitrogens with zero attached hydrogens (tertiary/aromatic N) is 2. The highest BCUT2D eigenvalue weighted by atomic mass is 32.1. The number of thiophene rings is 1. The first-order chi connectivity index (χ1) is 12.3. The first-order valence-electron chi connectivity index (χ1n) is 7.77. The molecule has 0 unspecified atom stereocenters. The molecule has 0 fully saturated rings. The summed E-state index contributed by atoms with van der Waals surface area (Å²) in [6, 6.07) is 1.67. The first-order valence-corrected chi connectivity index (χ1v) is 8.59. The van der Waals surface area contributed by atoms with E-state index >= 15 is 0 Å². The minimum atomic E-state index is -0.956. The molecule has 0 bridgehead atoms. The van der Waals surface area contributed by atoms with Crippen LogP contribution in [0.1, 0.15) is 40.3 Å². The van der Waals surface area contributed by atoms with Gasteiger partial charge < -0.3 is 10.1 Å². The summed E-state index contributed by atoms with van der Waals surface area (Å²) in [6.07, 6.45) is 1.54. The molecule has 0 aliphatic heterocycles. The third-order valence-corrected chi connectivity index (χ3v) is 4.64. The van der Waals surface area contributed by atoms with Crippen molar-refractivity contribution in [3.63, 3.8) is 0 Å². The summed E-state index contributed by atoms with van der Waals surface area (Å²) in [7, 11) is 0. The Hall–Kier alpha value is -3.01. The number of hydrogen-bond acceptors (Lipinski definition) is 7. The van der Waals surface area contributed by atoms with E-state index in [4.69, 9.17) is 4.74 Å². The molecule has 138 valence electrons. The van der Waals surface area contributed by atoms with Gasteiger partial charge in [0.15, 0.2) is 0 Å². The molecule has 2 rings (SSSR count). The number of hydrazone groups is 1. The molecule has 0 atom stereocenters. The van der Waals surface area contributed by atoms with E-state index in [0.29, 0.717) is 17.0 Å². The Morgan fingerprint density at radius 2 is 2.04 bits per heavy atom. The predicted molar refractivity (Wildman–Crippen MR) is 97.3 cm³/mol. The van der Waals surface area contributed by atoms with Gasteiger partial charge in [0.25, 0.3) is 0 Å². The van der Waals surface area contributed by atoms with Crippen LogP contribution in [0.2, 0.25) is 0 Å². The highest BCUT2D eigenvalue weighted by molar-refractivity contribution is 7.17. The van der Waals surface area contributed by atoms with E-state index in [1.54, 1.807) is 33.0 Å². The average Bonchev–Trinajstić information content (AvgIpc) is 3.22. The second-order valence-electron chi connectivity index (χ2n) is 5.27. The quantitative estimate of drug-likeness (QED) is 0.317. The molecular formula is C16H19N5O4S. The maximum absolute atomic E-state index is 12.1. The van der Waals surface area contributed by atoms with Gasteiger partial charge >= 0.3 is 17.8 Å². The Bertz CT molecular complexity index is 854. The molecule has 3 N–H and O–H groups in total. The molecule has 0 saturated carbocycles. The highest BCUT2D eigenvalue weighted by Crippen LogP contribution is 2.32. The zero-order chi connectivity index (χ0) is 19.3. The summed E-state index contributed by atoms with van der Waals surface area (Å²) in [5.41, 5.74) is 4.19. The fraction of sp³-hybridized carbons (Fsp3) is 0.312. The number of anilines is 1. The standard InChI is InChI=1S/C16H19N5O4S/c1-5-25-16(24)12-8(2)10(4)26-15(12)18-13(22)14(23)21-19-9(3)11-6-7-17-20-11/h6-7H,5H2,1-4H3,(H,17,20)(H,18,22)(H,21,23)/b19-9+. The van der Waals surface area contributed by atoms with Crippen molar-refractivity contribution in [3.05, 3.63) is 34.0 Å². The number of aromatic amines is 1. The second-order valence-corrected chi connectivity index (χ2v) is 6.50. The van der Waals surface area contributed by atoms with E-state index in [1.165, 1.54) is 11.3 Å². The van der Waals surface area contributed by atoms with E-state index in [1.807, 2.05) is 6.92 Å². The lowest BCUT2D eigenvalue weighted by Gasteiger charge is -2.06. The van der Waals surface area contributed by atoms with E-state index < -0.39 is 17.8 Å². The Balaban J connectivity index is 2.10. The van der Waals surface area contributed by atoms with E-state index in [-0.39, 0.29) is 17.2 Å². The van der Waals surface area contributed by atoms with Crippen LogP contribution in [0, 0.1) is 13.8 Å². The topological polar surface area (TPSA) is 126 Å². The molecule has 0 aromatic carbocycles. The fourth-order valence-electron chi connectivity index (χ4n) is 2.03. The van der Waals surface area contributed by atoms with Crippen LogP contribution >= 0.6 is 11.3 Å². The minimum Gasteiger partial charge on any atom is -0.462 e. The van der Waals surface area contributed by atoms with Crippen molar-refractivity contribution >= 4 is 39.8 Å². The molecule has 0 saturated heterocycles. The van der Waals surface area contributed by atoms with Crippen molar-refractivity contribution in [1.29, 1.82) is 0 Å². The summed E-state index contributed by atoms with van der Waals surface area (Å²) in [5, 5.41) is 13.0. The highest BCUT2D eigenvalue weighted by Gasteiger charge is 2.24. The zero-order valence-electron chi connectivity index (χ0n) is 14.8. The molecule has 2 aromatic heterocycles. The van der Waals surface area contributed by atoms with Crippen molar-refractivity contribution in [2.24, 2.45) is 5.10 Å². The molecule has 9 nitrogen and oxygen atoms in total. The van der Waals surface area contributed by atoms with E-state index in [0.717, 1.165) is 4.88 Å². The van der Waals surface area contributed by atoms with Crippen LogP contribution in [0.4, 0.5) is 5.00 Å². The van der Waals surface area contributed by atoms with Crippen LogP contribution in [0.3, 0.4) is 0 Å². The van der Waals surface area contributed by atoms with Crippen LogP contribution in [0.15, 0.2) is 17.4 Å². The molecule has 0 spiro atoms. The number of carbonyl (C=O) groups excluding carboxylic acids is 3. The normalized spacial score (nSPS) is 11.2. The Labute approximate surface area is 153 Å². The number of aryl methyl sites for hydroxylation is 1. The Morgan fingerprint density at radius 3 is 2.65 bits per heavy atom. The lowest BCUT2D eigenvalue weighted by atomic mass is 10.1. The largest absolute Gasteiger partial charge is 0.462 e. The molecule has 0 radical (unpaired) electrons. The second kappa shape index (κ2) is 8.39. The molecule has 2 amide bonds. The summed E-state index contributed by atoms with van der Waals surface area (Å²) in [5.74, 6) is -2.43. The number of rotatable bonds is 5. The summed E-state index contributed by atoms with van der Waals surface area (Å²) in [4.78, 5) is 37.0. The number of aromatic nitrogens is 2. The lowest BCUT2D eigenvalue weighted by molar-refractivity contribution is -0.136. The van der Waals surface area contributed by atoms with Crippen LogP contribution in [-0.2, 0) is 14.3 Å². The van der Waals surface area contributed by atoms with Gasteiger partial charge in [0, 0.05) is 11.1 Å². The van der Waals surface area contributed by atoms with Gasteiger partial charge in [-0.05, 0) is 39.3 Å². The first kappa shape index (κ1) is 19.3. The number of amides is 2. The smallest absolute Gasteiger partial charge is 0.341 e. The molecular weight excluding hydrogens is 358 g/mol. The molecule has 2 aromatic rings. The van der Waals surface area contributed by atoms with Gasteiger partial charge in [-0.2, -0.15) is 10.2 Å². The summed E-state index contributed by atoms with van der Waals surface area (Å²) >= 11 is 1.20. The minimum absolute atomic E-state index is 0.211. The lowest BCUT2D eigenvalue weighted by Crippen LogP contribution is -2.33. The summed E-state index contributed by atoms with van der Waals surface area (Å²) < 4.78 is 5.01. The number of esters is 1. The van der Waals surface area contributed by atoms with Crippen LogP contribution in [-0.4, -0.2) is 40.3 Å². The van der Waals surface area contributed by atoms with Gasteiger partial charge in [0.1, 0.15) is 5.00 Å². The molecule has 10 heteroatoms. The van der Waals surface area contributed by atoms with Gasteiger partial charge in [0.2, 0.25) is 0 Å². The molecule has 26 heavy (non-hydrogen) atoms. The Kier molecular flexibility index (Phi) is 6.23. The number of nitrogens with one attached hydrogen (secondary N) is 3. The third-order valence-electron chi connectivity index (χ3n) is 3.51. The van der Waals surface area contributed by atoms with Crippen molar-refractivity contribution in [2.45, 2.75) is 27.7 Å². The summed E-state index contributed by atoms with van der Waals surface area (Å²) in [6.45, 7) is 7.12. The molecule has 2 heterocycles. The SMILES string of the molecule is CCOC(=O)c1c(NC(=O)C(=O)N/N=C(\C)c2ccn[nH]2)sc(C)c1C. The zero-order valence-corrected chi connectivity index (χ0v) is 15.6. The van der Waals surface area contributed by atoms with Gasteiger partial charge in [-0.25, -0.2) is 10.2 Å². The Morgan fingerprint density at radius 1 is 1.31 bits per heavy atom. The van der Waals surface area contributed by atoms with Crippen molar-refractivity contribution in [3.8, 4) is 0 Å². The molecule has 0 aliphatic rings. The van der Waals surface area contributed by atoms with Gasteiger partial charge in [-0.15, -0.1) is 11.3 Å². The van der Waals surface area contributed by atoms with Crippen LogP contribution in [0.25, 0.3) is 0 Å². The monoisotopic (exact) mass is 377 g/mol. The van der Waals surface area contributed by atoms with Crippen LogP contribution < -0.4 is 10.7 Å². The van der Waals surface area contributed by atoms with Gasteiger partial charge in [0.05, 0.1) is 23.6 Å². The van der Waals surface area contributed by atoms with Gasteiger partial charge in [-0.1, -0.05) is 0 Å². The van der Waals surface area contributed by atoms with Crippen molar-refractivity contribution in [2.75, 3.05) is 11.9 Å². The fourth-order valence-corrected chi connectivity index (χ4v) is 3.07. The number of H-pyrrole nitrogens is 1. The van der Waals surface area contributed by atoms with Crippen LogP contribution in [0.5, 0.6) is 0 Å². The van der Waals surface area contributed by atoms with E-state index in [2.05, 4.69) is 26.0 Å². The maximum Gasteiger partial charge on any atom is 0.341 e. The van der Waals surface area contributed by atoms with E-state index in [9.17, 15) is 14.4 Å². The predicted octanol–water partition coefficient (Wildman–Crippen LogP) is 1.74. The maximum atomic E-state index is 12.1. The average molecular weight is 377 g/mol.